The van der Waals surface area contributed by atoms with Crippen molar-refractivity contribution in [2.45, 2.75) is 18.8 Å². The van der Waals surface area contributed by atoms with Crippen LogP contribution in [0.1, 0.15) is 35.4 Å². The number of amides is 2. The Morgan fingerprint density at radius 3 is 2.24 bits per heavy atom. The second-order valence-electron chi connectivity index (χ2n) is 12.4. The number of imide groups is 1. The number of carbonyl (C=O) groups excluding carboxylic acids is 4. The van der Waals surface area contributed by atoms with Gasteiger partial charge in [-0.1, -0.05) is 42.0 Å². The van der Waals surface area contributed by atoms with E-state index in [2.05, 4.69) is 15.9 Å². The molecule has 248 valence electrons. The van der Waals surface area contributed by atoms with Crippen LogP contribution in [0.4, 0.5) is 5.69 Å². The Morgan fingerprint density at radius 1 is 0.837 bits per heavy atom. The number of aromatic hydroxyl groups is 1. The Hall–Kier alpha value is -5.22. The quantitative estimate of drug-likeness (QED) is 0.126. The number of phenols is 1. The first kappa shape index (κ1) is 32.3. The fourth-order valence-corrected chi connectivity index (χ4v) is 8.05. The summed E-state index contributed by atoms with van der Waals surface area (Å²) in [4.78, 5) is 56.4. The molecule has 1 heterocycles. The van der Waals surface area contributed by atoms with Crippen LogP contribution in [-0.2, 0) is 19.2 Å². The maximum absolute atomic E-state index is 14.3. The lowest BCUT2D eigenvalue weighted by Crippen LogP contribution is -2.39. The SMILES string of the molecule is COc1ccc(C2C3=CCC4C(=O)N(c5ccc(C=Cc6cc(OC)ccc6OC)cc5)C(=O)C4C3CC3=C2C(=O)C=C(Br)C3=O)c(O)c1. The van der Waals surface area contributed by atoms with Crippen molar-refractivity contribution in [3.8, 4) is 23.0 Å². The van der Waals surface area contributed by atoms with Crippen molar-refractivity contribution in [2.24, 2.45) is 17.8 Å². The smallest absolute Gasteiger partial charge is 0.238 e. The van der Waals surface area contributed by atoms with Crippen LogP contribution in [0.25, 0.3) is 12.2 Å². The number of anilines is 1. The molecule has 3 aliphatic carbocycles. The summed E-state index contributed by atoms with van der Waals surface area (Å²) in [5, 5.41) is 11.1. The van der Waals surface area contributed by atoms with Crippen LogP contribution in [0, 0.1) is 17.8 Å². The third-order valence-electron chi connectivity index (χ3n) is 9.92. The van der Waals surface area contributed by atoms with Crippen molar-refractivity contribution in [1.29, 1.82) is 0 Å². The molecule has 3 aromatic carbocycles. The number of nitrogens with zero attached hydrogens (tertiary/aromatic N) is 1. The van der Waals surface area contributed by atoms with Gasteiger partial charge in [0.2, 0.25) is 11.8 Å². The van der Waals surface area contributed by atoms with Crippen LogP contribution in [0.3, 0.4) is 0 Å². The zero-order valence-corrected chi connectivity index (χ0v) is 28.5. The third-order valence-corrected chi connectivity index (χ3v) is 10.5. The van der Waals surface area contributed by atoms with E-state index >= 15 is 0 Å². The van der Waals surface area contributed by atoms with E-state index in [0.29, 0.717) is 46.1 Å². The van der Waals surface area contributed by atoms with E-state index in [4.69, 9.17) is 14.2 Å². The fraction of sp³-hybridized carbons (Fsp3) is 0.231. The molecule has 10 heteroatoms. The first-order chi connectivity index (χ1) is 23.6. The first-order valence-corrected chi connectivity index (χ1v) is 16.6. The van der Waals surface area contributed by atoms with Gasteiger partial charge in [-0.2, -0.15) is 0 Å². The van der Waals surface area contributed by atoms with Gasteiger partial charge in [0.05, 0.1) is 43.3 Å². The van der Waals surface area contributed by atoms with Gasteiger partial charge < -0.3 is 19.3 Å². The minimum absolute atomic E-state index is 0.0943. The van der Waals surface area contributed by atoms with Gasteiger partial charge in [0.15, 0.2) is 11.6 Å². The van der Waals surface area contributed by atoms with Gasteiger partial charge in [0.1, 0.15) is 23.0 Å². The molecule has 1 saturated heterocycles. The van der Waals surface area contributed by atoms with E-state index in [0.717, 1.165) is 16.7 Å². The summed E-state index contributed by atoms with van der Waals surface area (Å²) in [6.45, 7) is 0. The summed E-state index contributed by atoms with van der Waals surface area (Å²) in [5.41, 5.74) is 3.90. The molecular formula is C39H32BrNO8. The van der Waals surface area contributed by atoms with Crippen LogP contribution in [-0.4, -0.2) is 49.8 Å². The fourth-order valence-electron chi connectivity index (χ4n) is 7.60. The Labute approximate surface area is 291 Å². The highest BCUT2D eigenvalue weighted by atomic mass is 79.9. The molecule has 49 heavy (non-hydrogen) atoms. The number of hydrogen-bond donors (Lipinski definition) is 1. The summed E-state index contributed by atoms with van der Waals surface area (Å²) in [7, 11) is 4.68. The van der Waals surface area contributed by atoms with Gasteiger partial charge in [-0.15, -0.1) is 0 Å². The van der Waals surface area contributed by atoms with Crippen LogP contribution in [0.2, 0.25) is 0 Å². The number of phenolic OH excluding ortho intramolecular Hbond substituents is 1. The zero-order valence-electron chi connectivity index (χ0n) is 26.9. The highest BCUT2D eigenvalue weighted by Crippen LogP contribution is 2.56. The van der Waals surface area contributed by atoms with E-state index in [1.54, 1.807) is 38.5 Å². The molecule has 0 radical (unpaired) electrons. The minimum atomic E-state index is -0.764. The van der Waals surface area contributed by atoms with E-state index in [1.165, 1.54) is 24.2 Å². The summed E-state index contributed by atoms with van der Waals surface area (Å²) in [6.07, 6.45) is 7.41. The van der Waals surface area contributed by atoms with Gasteiger partial charge >= 0.3 is 0 Å². The molecular weight excluding hydrogens is 690 g/mol. The number of Topliss-reactive ketones (excluding diaryl/α,β-unsaturated/α-hetero) is 1. The number of allylic oxidation sites excluding steroid dienone is 6. The summed E-state index contributed by atoms with van der Waals surface area (Å²) in [5.74, 6) is -2.25. The van der Waals surface area contributed by atoms with Gasteiger partial charge in [0.25, 0.3) is 0 Å². The minimum Gasteiger partial charge on any atom is -0.507 e. The molecule has 2 amide bonds. The lowest BCUT2D eigenvalue weighted by molar-refractivity contribution is -0.123. The number of fused-ring (bicyclic) bond motifs is 3. The van der Waals surface area contributed by atoms with Crippen LogP contribution in [0.15, 0.2) is 94.0 Å². The molecule has 1 aliphatic heterocycles. The molecule has 3 aromatic rings. The second kappa shape index (κ2) is 12.7. The molecule has 4 unspecified atom stereocenters. The van der Waals surface area contributed by atoms with Crippen LogP contribution < -0.4 is 19.1 Å². The van der Waals surface area contributed by atoms with E-state index in [1.807, 2.05) is 48.6 Å². The van der Waals surface area contributed by atoms with Crippen molar-refractivity contribution < 1.29 is 38.5 Å². The van der Waals surface area contributed by atoms with Crippen LogP contribution in [0.5, 0.6) is 23.0 Å². The Balaban J connectivity index is 1.21. The number of halogens is 1. The number of hydrogen-bond acceptors (Lipinski definition) is 8. The van der Waals surface area contributed by atoms with E-state index in [-0.39, 0.29) is 40.0 Å². The van der Waals surface area contributed by atoms with Gasteiger partial charge in [0, 0.05) is 40.3 Å². The van der Waals surface area contributed by atoms with Gasteiger partial charge in [-0.3, -0.25) is 24.1 Å². The average molecular weight is 723 g/mol. The molecule has 4 atom stereocenters. The summed E-state index contributed by atoms with van der Waals surface area (Å²) < 4.78 is 16.2. The van der Waals surface area contributed by atoms with E-state index < -0.39 is 23.7 Å². The molecule has 9 nitrogen and oxygen atoms in total. The number of ketones is 2. The molecule has 0 saturated carbocycles. The molecule has 1 fully saturated rings. The lowest BCUT2D eigenvalue weighted by Gasteiger charge is -2.42. The van der Waals surface area contributed by atoms with Crippen molar-refractivity contribution in [2.75, 3.05) is 26.2 Å². The number of carbonyl (C=O) groups is 4. The monoisotopic (exact) mass is 721 g/mol. The Morgan fingerprint density at radius 2 is 1.55 bits per heavy atom. The van der Waals surface area contributed by atoms with Crippen molar-refractivity contribution in [3.63, 3.8) is 0 Å². The maximum Gasteiger partial charge on any atom is 0.238 e. The maximum atomic E-state index is 14.3. The predicted molar refractivity (Wildman–Crippen MR) is 187 cm³/mol. The molecule has 0 aromatic heterocycles. The number of methoxy groups -OCH3 is 3. The molecule has 4 aliphatic rings. The van der Waals surface area contributed by atoms with Crippen molar-refractivity contribution >= 4 is 57.2 Å². The number of ether oxygens (including phenoxy) is 3. The normalized spacial score (nSPS) is 23.2. The van der Waals surface area contributed by atoms with Crippen molar-refractivity contribution in [1.82, 2.24) is 0 Å². The molecule has 0 spiro atoms. The molecule has 1 N–H and O–H groups in total. The Bertz CT molecular complexity index is 2060. The predicted octanol–water partition coefficient (Wildman–Crippen LogP) is 6.56. The standard InChI is InChI=1S/C39H32BrNO8/c1-47-23-11-15-33(49-3)21(16-23)7-4-20-5-8-22(9-6-20)41-38(45)27-14-13-25-28(35(27)39(41)46)18-29-36(32(43)19-30(40)37(29)44)34(25)26-12-10-24(48-2)17-31(26)42/h4-13,15-17,19,27-28,34-35,42H,14,18H2,1-3H3. The average Bonchev–Trinajstić information content (AvgIpc) is 3.37. The van der Waals surface area contributed by atoms with E-state index in [9.17, 15) is 24.3 Å². The highest BCUT2D eigenvalue weighted by molar-refractivity contribution is 9.12. The summed E-state index contributed by atoms with van der Waals surface area (Å²) >= 11 is 3.25. The highest BCUT2D eigenvalue weighted by Gasteiger charge is 2.56. The lowest BCUT2D eigenvalue weighted by atomic mass is 9.59. The second-order valence-corrected chi connectivity index (χ2v) is 13.2. The van der Waals surface area contributed by atoms with Crippen LogP contribution >= 0.6 is 15.9 Å². The first-order valence-electron chi connectivity index (χ1n) is 15.8. The molecule has 0 bridgehead atoms. The third kappa shape index (κ3) is 5.40. The van der Waals surface area contributed by atoms with Gasteiger partial charge in [-0.25, -0.2) is 0 Å². The Kier molecular flexibility index (Phi) is 8.36. The largest absolute Gasteiger partial charge is 0.507 e. The molecule has 7 rings (SSSR count). The van der Waals surface area contributed by atoms with Gasteiger partial charge in [-0.05, 0) is 76.7 Å². The zero-order chi connectivity index (χ0) is 34.6. The summed E-state index contributed by atoms with van der Waals surface area (Å²) in [6, 6.07) is 17.5. The van der Waals surface area contributed by atoms with Crippen molar-refractivity contribution in [3.05, 3.63) is 111 Å². The number of rotatable bonds is 7. The number of benzene rings is 3. The topological polar surface area (TPSA) is 119 Å².